The largest absolute Gasteiger partial charge is 0.396 e. The number of halogens is 1. The third-order valence-electron chi connectivity index (χ3n) is 3.67. The fourth-order valence-corrected chi connectivity index (χ4v) is 2.93. The molecule has 1 aromatic rings. The van der Waals surface area contributed by atoms with Gasteiger partial charge < -0.3 is 10.4 Å². The van der Waals surface area contributed by atoms with Gasteiger partial charge >= 0.3 is 0 Å². The van der Waals surface area contributed by atoms with Gasteiger partial charge in [-0.15, -0.1) is 11.8 Å². The van der Waals surface area contributed by atoms with Crippen molar-refractivity contribution in [2.24, 2.45) is 5.41 Å². The van der Waals surface area contributed by atoms with Gasteiger partial charge in [0.25, 0.3) is 0 Å². The molecule has 0 aromatic heterocycles. The van der Waals surface area contributed by atoms with Gasteiger partial charge in [-0.3, -0.25) is 4.79 Å². The SMILES string of the molecule is O=C(CSCc1ccc(F)cc1)NCC1(CCO)CC1. The molecule has 1 aliphatic carbocycles. The molecule has 0 heterocycles. The highest BCUT2D eigenvalue weighted by Gasteiger charge is 2.41. The van der Waals surface area contributed by atoms with Crippen LogP contribution in [0.4, 0.5) is 4.39 Å². The van der Waals surface area contributed by atoms with E-state index in [1.54, 1.807) is 12.1 Å². The minimum atomic E-state index is -0.241. The van der Waals surface area contributed by atoms with Gasteiger partial charge in [0.1, 0.15) is 5.82 Å². The average Bonchev–Trinajstić information content (AvgIpc) is 3.20. The lowest BCUT2D eigenvalue weighted by Crippen LogP contribution is -2.31. The molecule has 1 saturated carbocycles. The molecule has 0 atom stereocenters. The van der Waals surface area contributed by atoms with E-state index in [-0.39, 0.29) is 23.7 Å². The van der Waals surface area contributed by atoms with Gasteiger partial charge in [-0.1, -0.05) is 12.1 Å². The summed E-state index contributed by atoms with van der Waals surface area (Å²) in [5.41, 5.74) is 1.18. The predicted octanol–water partition coefficient (Wildman–Crippen LogP) is 2.34. The van der Waals surface area contributed by atoms with Gasteiger partial charge in [0.05, 0.1) is 5.75 Å². The minimum absolute atomic E-state index is 0.0290. The molecule has 1 fully saturated rings. The summed E-state index contributed by atoms with van der Waals surface area (Å²) in [6.45, 7) is 0.860. The van der Waals surface area contributed by atoms with E-state index in [2.05, 4.69) is 5.32 Å². The second kappa shape index (κ2) is 7.09. The number of carbonyl (C=O) groups excluding carboxylic acids is 1. The first-order chi connectivity index (χ1) is 9.63. The molecule has 0 spiro atoms. The maximum atomic E-state index is 12.7. The predicted molar refractivity (Wildman–Crippen MR) is 78.9 cm³/mol. The van der Waals surface area contributed by atoms with Crippen LogP contribution in [0.15, 0.2) is 24.3 Å². The molecule has 1 amide bonds. The molecule has 1 aromatic carbocycles. The van der Waals surface area contributed by atoms with E-state index in [0.717, 1.165) is 24.8 Å². The van der Waals surface area contributed by atoms with Crippen LogP contribution in [0, 0.1) is 11.2 Å². The molecule has 110 valence electrons. The Balaban J connectivity index is 1.62. The zero-order valence-corrected chi connectivity index (χ0v) is 12.2. The monoisotopic (exact) mass is 297 g/mol. The van der Waals surface area contributed by atoms with Crippen molar-refractivity contribution in [2.45, 2.75) is 25.0 Å². The maximum Gasteiger partial charge on any atom is 0.230 e. The van der Waals surface area contributed by atoms with Gasteiger partial charge in [0.15, 0.2) is 0 Å². The van der Waals surface area contributed by atoms with Crippen molar-refractivity contribution in [1.29, 1.82) is 0 Å². The van der Waals surface area contributed by atoms with Gasteiger partial charge in [-0.2, -0.15) is 0 Å². The molecule has 1 aliphatic rings. The number of amides is 1. The number of benzene rings is 1. The van der Waals surface area contributed by atoms with E-state index >= 15 is 0 Å². The second-order valence-electron chi connectivity index (χ2n) is 5.37. The number of hydrogen-bond acceptors (Lipinski definition) is 3. The highest BCUT2D eigenvalue weighted by atomic mass is 32.2. The summed E-state index contributed by atoms with van der Waals surface area (Å²) in [5, 5.41) is 11.9. The standard InChI is InChI=1S/C15H20FNO2S/c16-13-3-1-12(2-4-13)9-20-10-14(19)17-11-15(5-6-15)7-8-18/h1-4,18H,5-11H2,(H,17,19). The normalized spacial score (nSPS) is 15.9. The lowest BCUT2D eigenvalue weighted by atomic mass is 10.0. The first kappa shape index (κ1) is 15.3. The van der Waals surface area contributed by atoms with Gasteiger partial charge in [-0.25, -0.2) is 4.39 Å². The summed E-state index contributed by atoms with van der Waals surface area (Å²) in [5.74, 6) is 0.902. The van der Waals surface area contributed by atoms with Crippen molar-refractivity contribution in [1.82, 2.24) is 5.32 Å². The summed E-state index contributed by atoms with van der Waals surface area (Å²) >= 11 is 1.52. The molecule has 0 saturated heterocycles. The van der Waals surface area contributed by atoms with Crippen LogP contribution in [-0.4, -0.2) is 29.9 Å². The van der Waals surface area contributed by atoms with Crippen molar-refractivity contribution in [3.8, 4) is 0 Å². The lowest BCUT2D eigenvalue weighted by Gasteiger charge is -2.14. The summed E-state index contributed by atoms with van der Waals surface area (Å²) in [7, 11) is 0. The average molecular weight is 297 g/mol. The molecular weight excluding hydrogens is 277 g/mol. The molecule has 3 nitrogen and oxygen atoms in total. The Kier molecular flexibility index (Phi) is 5.43. The van der Waals surface area contributed by atoms with E-state index in [0.29, 0.717) is 18.1 Å². The Bertz CT molecular complexity index is 446. The number of hydrogen-bond donors (Lipinski definition) is 2. The number of thioether (sulfide) groups is 1. The maximum absolute atomic E-state index is 12.7. The Hall–Kier alpha value is -1.07. The molecule has 0 bridgehead atoms. The third kappa shape index (κ3) is 4.80. The van der Waals surface area contributed by atoms with E-state index < -0.39 is 0 Å². The van der Waals surface area contributed by atoms with Crippen LogP contribution in [0.1, 0.15) is 24.8 Å². The number of rotatable bonds is 8. The fraction of sp³-hybridized carbons (Fsp3) is 0.533. The van der Waals surface area contributed by atoms with E-state index in [1.165, 1.54) is 23.9 Å². The topological polar surface area (TPSA) is 49.3 Å². The first-order valence-electron chi connectivity index (χ1n) is 6.83. The molecule has 5 heteroatoms. The van der Waals surface area contributed by atoms with Crippen LogP contribution in [0.2, 0.25) is 0 Å². The first-order valence-corrected chi connectivity index (χ1v) is 7.99. The smallest absolute Gasteiger partial charge is 0.230 e. The van der Waals surface area contributed by atoms with Gasteiger partial charge in [0.2, 0.25) is 5.91 Å². The Labute approximate surface area is 123 Å². The quantitative estimate of drug-likeness (QED) is 0.774. The minimum Gasteiger partial charge on any atom is -0.396 e. The zero-order valence-electron chi connectivity index (χ0n) is 11.4. The van der Waals surface area contributed by atoms with Crippen LogP contribution < -0.4 is 5.32 Å². The lowest BCUT2D eigenvalue weighted by molar-refractivity contribution is -0.118. The van der Waals surface area contributed by atoms with Crippen LogP contribution in [0.25, 0.3) is 0 Å². The van der Waals surface area contributed by atoms with Crippen molar-refractivity contribution < 1.29 is 14.3 Å². The highest BCUT2D eigenvalue weighted by molar-refractivity contribution is 7.99. The zero-order chi connectivity index (χ0) is 14.4. The van der Waals surface area contributed by atoms with E-state index in [9.17, 15) is 9.18 Å². The van der Waals surface area contributed by atoms with Crippen LogP contribution in [-0.2, 0) is 10.5 Å². The molecular formula is C15H20FNO2S. The summed E-state index contributed by atoms with van der Waals surface area (Å²) in [6, 6.07) is 6.34. The van der Waals surface area contributed by atoms with Gasteiger partial charge in [-0.05, 0) is 42.4 Å². The number of aliphatic hydroxyl groups excluding tert-OH is 1. The highest BCUT2D eigenvalue weighted by Crippen LogP contribution is 2.47. The van der Waals surface area contributed by atoms with Crippen LogP contribution >= 0.6 is 11.8 Å². The van der Waals surface area contributed by atoms with Crippen LogP contribution in [0.3, 0.4) is 0 Å². The Morgan fingerprint density at radius 2 is 2.05 bits per heavy atom. The van der Waals surface area contributed by atoms with Gasteiger partial charge in [0, 0.05) is 18.9 Å². The molecule has 0 radical (unpaired) electrons. The summed E-state index contributed by atoms with van der Waals surface area (Å²) < 4.78 is 12.7. The number of nitrogens with one attached hydrogen (secondary N) is 1. The molecule has 0 unspecified atom stereocenters. The third-order valence-corrected chi connectivity index (χ3v) is 4.68. The molecule has 20 heavy (non-hydrogen) atoms. The van der Waals surface area contributed by atoms with E-state index in [1.807, 2.05) is 0 Å². The number of carbonyl (C=O) groups is 1. The van der Waals surface area contributed by atoms with Crippen molar-refractivity contribution in [3.05, 3.63) is 35.6 Å². The Morgan fingerprint density at radius 1 is 1.35 bits per heavy atom. The second-order valence-corrected chi connectivity index (χ2v) is 6.36. The van der Waals surface area contributed by atoms with Crippen molar-refractivity contribution in [3.63, 3.8) is 0 Å². The van der Waals surface area contributed by atoms with E-state index in [4.69, 9.17) is 5.11 Å². The molecule has 0 aliphatic heterocycles. The van der Waals surface area contributed by atoms with Crippen molar-refractivity contribution in [2.75, 3.05) is 18.9 Å². The van der Waals surface area contributed by atoms with Crippen LogP contribution in [0.5, 0.6) is 0 Å². The summed E-state index contributed by atoms with van der Waals surface area (Å²) in [4.78, 5) is 11.7. The molecule has 2 N–H and O–H groups in total. The fourth-order valence-electron chi connectivity index (χ4n) is 2.11. The Morgan fingerprint density at radius 3 is 2.65 bits per heavy atom. The van der Waals surface area contributed by atoms with Crippen molar-refractivity contribution >= 4 is 17.7 Å². The molecule has 2 rings (SSSR count). The summed E-state index contributed by atoms with van der Waals surface area (Å²) in [6.07, 6.45) is 2.96. The number of aliphatic hydroxyl groups is 1.